The smallest absolute Gasteiger partial charge is 0.255 e. The number of rotatable bonds is 7. The van der Waals surface area contributed by atoms with Gasteiger partial charge >= 0.3 is 0 Å². The van der Waals surface area contributed by atoms with Crippen LogP contribution in [0.1, 0.15) is 33.9 Å². The summed E-state index contributed by atoms with van der Waals surface area (Å²) >= 11 is 5.88. The van der Waals surface area contributed by atoms with Crippen molar-refractivity contribution in [2.24, 2.45) is 0 Å². The summed E-state index contributed by atoms with van der Waals surface area (Å²) in [5.74, 6) is 0.971. The fourth-order valence-electron chi connectivity index (χ4n) is 3.91. The molecule has 32 heavy (non-hydrogen) atoms. The molecule has 1 N–H and O–H groups in total. The number of benzene rings is 2. The van der Waals surface area contributed by atoms with Crippen LogP contribution in [0.3, 0.4) is 0 Å². The Morgan fingerprint density at radius 1 is 1.12 bits per heavy atom. The number of anilines is 1. The number of hydrogen-bond acceptors (Lipinski definition) is 5. The zero-order chi connectivity index (χ0) is 22.7. The quantitative estimate of drug-likeness (QED) is 0.573. The number of carbonyl (C=O) groups excluding carboxylic acids is 2. The van der Waals surface area contributed by atoms with Crippen LogP contribution >= 0.6 is 11.6 Å². The Balaban J connectivity index is 1.69. The van der Waals surface area contributed by atoms with Gasteiger partial charge in [-0.1, -0.05) is 41.9 Å². The highest BCUT2D eigenvalue weighted by molar-refractivity contribution is 6.30. The van der Waals surface area contributed by atoms with Crippen molar-refractivity contribution in [3.05, 3.63) is 82.5 Å². The molecule has 0 saturated heterocycles. The van der Waals surface area contributed by atoms with Gasteiger partial charge in [-0.05, 0) is 29.8 Å². The van der Waals surface area contributed by atoms with Gasteiger partial charge in [0, 0.05) is 23.9 Å². The molecule has 1 atom stereocenters. The summed E-state index contributed by atoms with van der Waals surface area (Å²) in [7, 11) is 3.09. The topological polar surface area (TPSA) is 80.8 Å². The minimum Gasteiger partial charge on any atom is -0.493 e. The second-order valence-electron chi connectivity index (χ2n) is 7.30. The Hall–Kier alpha value is -3.58. The Bertz CT molecular complexity index is 1150. The number of fused-ring (bicyclic) bond motifs is 1. The number of carbonyl (C=O) groups is 2. The van der Waals surface area contributed by atoms with Gasteiger partial charge in [0.2, 0.25) is 5.91 Å². The van der Waals surface area contributed by atoms with E-state index in [-0.39, 0.29) is 18.2 Å². The summed E-state index contributed by atoms with van der Waals surface area (Å²) in [5, 5.41) is 3.25. The number of pyridine rings is 1. The summed E-state index contributed by atoms with van der Waals surface area (Å²) in [5.41, 5.74) is 2.25. The lowest BCUT2D eigenvalue weighted by Crippen LogP contribution is -2.32. The van der Waals surface area contributed by atoms with Crippen molar-refractivity contribution in [3.8, 4) is 11.5 Å². The van der Waals surface area contributed by atoms with Gasteiger partial charge in [0.1, 0.15) is 5.82 Å². The lowest BCUT2D eigenvalue weighted by molar-refractivity contribution is -0.117. The standard InChI is InChI=1S/C24H22ClN3O4/c1-31-20-9-5-8-18(23(20)32-2)19(12-22(29)27-21-11-10-16(25)13-26-21)28-14-15-6-3-4-7-17(15)24(28)30/h3-11,13,19H,12,14H2,1-2H3,(H,26,27,29). The predicted octanol–water partition coefficient (Wildman–Crippen LogP) is 4.48. The largest absolute Gasteiger partial charge is 0.493 e. The fourth-order valence-corrected chi connectivity index (χ4v) is 4.02. The molecule has 1 aliphatic heterocycles. The van der Waals surface area contributed by atoms with Crippen molar-refractivity contribution >= 4 is 29.2 Å². The maximum atomic E-state index is 13.2. The first-order valence-electron chi connectivity index (χ1n) is 10.0. The molecule has 8 heteroatoms. The molecule has 0 fully saturated rings. The van der Waals surface area contributed by atoms with Crippen LogP contribution in [0.25, 0.3) is 0 Å². The van der Waals surface area contributed by atoms with Gasteiger partial charge in [-0.2, -0.15) is 0 Å². The van der Waals surface area contributed by atoms with Crippen LogP contribution in [0.15, 0.2) is 60.8 Å². The molecular weight excluding hydrogens is 430 g/mol. The van der Waals surface area contributed by atoms with E-state index in [0.717, 1.165) is 5.56 Å². The molecule has 1 unspecified atom stereocenters. The van der Waals surface area contributed by atoms with Crippen molar-refractivity contribution in [2.75, 3.05) is 19.5 Å². The lowest BCUT2D eigenvalue weighted by atomic mass is 9.99. The van der Waals surface area contributed by atoms with E-state index in [2.05, 4.69) is 10.3 Å². The van der Waals surface area contributed by atoms with Crippen molar-refractivity contribution in [2.45, 2.75) is 19.0 Å². The number of halogens is 1. The van der Waals surface area contributed by atoms with E-state index in [9.17, 15) is 9.59 Å². The highest BCUT2D eigenvalue weighted by Gasteiger charge is 2.36. The Morgan fingerprint density at radius 2 is 1.94 bits per heavy atom. The maximum Gasteiger partial charge on any atom is 0.255 e. The molecule has 1 aliphatic rings. The summed E-state index contributed by atoms with van der Waals surface area (Å²) in [4.78, 5) is 32.0. The zero-order valence-electron chi connectivity index (χ0n) is 17.7. The first-order chi connectivity index (χ1) is 15.5. The lowest BCUT2D eigenvalue weighted by Gasteiger charge is -2.29. The van der Waals surface area contributed by atoms with E-state index in [1.54, 1.807) is 36.3 Å². The molecule has 0 spiro atoms. The maximum absolute atomic E-state index is 13.2. The van der Waals surface area contributed by atoms with Gasteiger partial charge in [-0.25, -0.2) is 4.98 Å². The molecule has 0 radical (unpaired) electrons. The van der Waals surface area contributed by atoms with Crippen LogP contribution in [0.2, 0.25) is 5.02 Å². The molecule has 0 bridgehead atoms. The average molecular weight is 452 g/mol. The van der Waals surface area contributed by atoms with Crippen molar-refractivity contribution in [1.82, 2.24) is 9.88 Å². The molecule has 0 saturated carbocycles. The summed E-state index contributed by atoms with van der Waals surface area (Å²) in [6, 6.07) is 15.6. The van der Waals surface area contributed by atoms with Crippen molar-refractivity contribution in [3.63, 3.8) is 0 Å². The first kappa shape index (κ1) is 21.6. The Labute approximate surface area is 190 Å². The van der Waals surface area contributed by atoms with Crippen LogP contribution in [-0.2, 0) is 11.3 Å². The van der Waals surface area contributed by atoms with E-state index >= 15 is 0 Å². The minimum atomic E-state index is -0.577. The van der Waals surface area contributed by atoms with Gasteiger partial charge in [-0.3, -0.25) is 9.59 Å². The number of methoxy groups -OCH3 is 2. The number of para-hydroxylation sites is 1. The van der Waals surface area contributed by atoms with Gasteiger partial charge in [-0.15, -0.1) is 0 Å². The van der Waals surface area contributed by atoms with Gasteiger partial charge < -0.3 is 19.7 Å². The van der Waals surface area contributed by atoms with E-state index in [1.807, 2.05) is 30.3 Å². The average Bonchev–Trinajstić information content (AvgIpc) is 3.14. The van der Waals surface area contributed by atoms with Crippen LogP contribution in [0, 0.1) is 0 Å². The van der Waals surface area contributed by atoms with E-state index in [4.69, 9.17) is 21.1 Å². The van der Waals surface area contributed by atoms with Crippen LogP contribution in [0.5, 0.6) is 11.5 Å². The number of nitrogens with one attached hydrogen (secondary N) is 1. The highest BCUT2D eigenvalue weighted by atomic mass is 35.5. The Morgan fingerprint density at radius 3 is 2.62 bits per heavy atom. The molecule has 4 rings (SSSR count). The van der Waals surface area contributed by atoms with Crippen molar-refractivity contribution < 1.29 is 19.1 Å². The molecule has 164 valence electrons. The van der Waals surface area contributed by atoms with Crippen molar-refractivity contribution in [1.29, 1.82) is 0 Å². The summed E-state index contributed by atoms with van der Waals surface area (Å²) < 4.78 is 11.1. The minimum absolute atomic E-state index is 0.00750. The fraction of sp³-hybridized carbons (Fsp3) is 0.208. The molecule has 0 aliphatic carbocycles. The third kappa shape index (κ3) is 4.24. The molecule has 2 aromatic carbocycles. The number of nitrogens with zero attached hydrogens (tertiary/aromatic N) is 2. The normalized spacial score (nSPS) is 13.5. The van der Waals surface area contributed by atoms with Gasteiger partial charge in [0.25, 0.3) is 5.91 Å². The van der Waals surface area contributed by atoms with E-state index in [0.29, 0.717) is 40.0 Å². The van der Waals surface area contributed by atoms with E-state index < -0.39 is 6.04 Å². The highest BCUT2D eigenvalue weighted by Crippen LogP contribution is 2.41. The first-order valence-corrected chi connectivity index (χ1v) is 10.4. The van der Waals surface area contributed by atoms with Gasteiger partial charge in [0.05, 0.1) is 31.7 Å². The number of aromatic nitrogens is 1. The van der Waals surface area contributed by atoms with Crippen LogP contribution < -0.4 is 14.8 Å². The molecule has 1 aromatic heterocycles. The monoisotopic (exact) mass is 451 g/mol. The summed E-state index contributed by atoms with van der Waals surface area (Å²) in [6.45, 7) is 0.395. The zero-order valence-corrected chi connectivity index (χ0v) is 18.4. The molecule has 2 amide bonds. The second-order valence-corrected chi connectivity index (χ2v) is 7.74. The third-order valence-corrected chi connectivity index (χ3v) is 5.62. The molecule has 7 nitrogen and oxygen atoms in total. The number of amides is 2. The number of ether oxygens (including phenoxy) is 2. The molecule has 3 aromatic rings. The van der Waals surface area contributed by atoms with Crippen LogP contribution in [-0.4, -0.2) is 35.9 Å². The third-order valence-electron chi connectivity index (χ3n) is 5.39. The van der Waals surface area contributed by atoms with E-state index in [1.165, 1.54) is 13.3 Å². The number of hydrogen-bond donors (Lipinski definition) is 1. The van der Waals surface area contributed by atoms with Gasteiger partial charge in [0.15, 0.2) is 11.5 Å². The summed E-state index contributed by atoms with van der Waals surface area (Å²) in [6.07, 6.45) is 1.47. The SMILES string of the molecule is COc1cccc(C(CC(=O)Nc2ccc(Cl)cn2)N2Cc3ccccc3C2=O)c1OC. The van der Waals surface area contributed by atoms with Crippen LogP contribution in [0.4, 0.5) is 5.82 Å². The predicted molar refractivity (Wildman–Crippen MR) is 121 cm³/mol. The molecule has 2 heterocycles. The second kappa shape index (κ2) is 9.28. The molecular formula is C24H22ClN3O4. The Kier molecular flexibility index (Phi) is 6.28.